The van der Waals surface area contributed by atoms with Crippen LogP contribution in [0.4, 0.5) is 14.5 Å². The van der Waals surface area contributed by atoms with Crippen LogP contribution >= 0.6 is 0 Å². The highest BCUT2D eigenvalue weighted by molar-refractivity contribution is 5.42. The first-order chi connectivity index (χ1) is 8.08. The van der Waals surface area contributed by atoms with Gasteiger partial charge in [-0.2, -0.15) is 0 Å². The average Bonchev–Trinajstić information content (AvgIpc) is 2.33. The zero-order chi connectivity index (χ0) is 12.4. The molecule has 2 aromatic rings. The maximum absolute atomic E-state index is 13.1. The molecule has 0 saturated heterocycles. The summed E-state index contributed by atoms with van der Waals surface area (Å²) in [5, 5.41) is 0. The highest BCUT2D eigenvalue weighted by Gasteiger charge is 2.11. The van der Waals surface area contributed by atoms with Gasteiger partial charge in [0.2, 0.25) is 0 Å². The van der Waals surface area contributed by atoms with E-state index in [9.17, 15) is 8.78 Å². The number of hydrogen-bond donors (Lipinski definition) is 2. The zero-order valence-electron chi connectivity index (χ0n) is 9.03. The molecule has 1 unspecified atom stereocenters. The van der Waals surface area contributed by atoms with Crippen LogP contribution in [0.3, 0.4) is 0 Å². The number of nitrogens with two attached hydrogens (primary N) is 2. The van der Waals surface area contributed by atoms with Gasteiger partial charge in [-0.25, -0.2) is 8.78 Å². The minimum absolute atomic E-state index is 0.495. The molecule has 0 aliphatic rings. The van der Waals surface area contributed by atoms with E-state index in [2.05, 4.69) is 0 Å². The van der Waals surface area contributed by atoms with Gasteiger partial charge >= 0.3 is 0 Å². The Bertz CT molecular complexity index is 523. The predicted molar refractivity (Wildman–Crippen MR) is 63.2 cm³/mol. The van der Waals surface area contributed by atoms with Crippen molar-refractivity contribution in [3.63, 3.8) is 0 Å². The number of hydrogen-bond acceptors (Lipinski definition) is 2. The summed E-state index contributed by atoms with van der Waals surface area (Å²) < 4.78 is 25.9. The predicted octanol–water partition coefficient (Wildman–Crippen LogP) is 2.60. The standard InChI is InChI=1S/C13H12F2N2/c14-11-6-3-9(7-12(11)15)13(17)8-1-4-10(16)5-2-8/h1-7,13H,16-17H2. The van der Waals surface area contributed by atoms with Crippen molar-refractivity contribution in [3.05, 3.63) is 65.2 Å². The van der Waals surface area contributed by atoms with Crippen molar-refractivity contribution in [2.45, 2.75) is 6.04 Å². The smallest absolute Gasteiger partial charge is 0.159 e. The first-order valence-corrected chi connectivity index (χ1v) is 5.14. The van der Waals surface area contributed by atoms with Gasteiger partial charge in [0, 0.05) is 5.69 Å². The molecule has 0 saturated carbocycles. The van der Waals surface area contributed by atoms with E-state index >= 15 is 0 Å². The van der Waals surface area contributed by atoms with Crippen molar-refractivity contribution < 1.29 is 8.78 Å². The van der Waals surface area contributed by atoms with Crippen LogP contribution in [0.1, 0.15) is 17.2 Å². The summed E-state index contributed by atoms with van der Waals surface area (Å²) in [6, 6.07) is 10.1. The van der Waals surface area contributed by atoms with Crippen LogP contribution in [0.25, 0.3) is 0 Å². The lowest BCUT2D eigenvalue weighted by Gasteiger charge is -2.13. The lowest BCUT2D eigenvalue weighted by atomic mass is 9.99. The maximum atomic E-state index is 13.1. The van der Waals surface area contributed by atoms with E-state index in [1.807, 2.05) is 0 Å². The summed E-state index contributed by atoms with van der Waals surface area (Å²) >= 11 is 0. The Hall–Kier alpha value is -1.94. The van der Waals surface area contributed by atoms with E-state index in [-0.39, 0.29) is 0 Å². The number of rotatable bonds is 2. The summed E-state index contributed by atoms with van der Waals surface area (Å²) in [4.78, 5) is 0. The largest absolute Gasteiger partial charge is 0.399 e. The number of anilines is 1. The maximum Gasteiger partial charge on any atom is 0.159 e. The third-order valence-corrected chi connectivity index (χ3v) is 2.60. The molecule has 0 heterocycles. The van der Waals surface area contributed by atoms with Crippen molar-refractivity contribution >= 4 is 5.69 Å². The van der Waals surface area contributed by atoms with E-state index in [0.29, 0.717) is 11.3 Å². The van der Waals surface area contributed by atoms with Gasteiger partial charge in [0.15, 0.2) is 11.6 Å². The Labute approximate surface area is 97.9 Å². The summed E-state index contributed by atoms with van der Waals surface area (Å²) in [5.41, 5.74) is 13.5. The fourth-order valence-corrected chi connectivity index (χ4v) is 1.60. The number of benzene rings is 2. The van der Waals surface area contributed by atoms with E-state index in [0.717, 1.165) is 17.7 Å². The summed E-state index contributed by atoms with van der Waals surface area (Å²) in [6.45, 7) is 0. The fourth-order valence-electron chi connectivity index (χ4n) is 1.60. The molecule has 0 aliphatic heterocycles. The van der Waals surface area contributed by atoms with E-state index in [4.69, 9.17) is 11.5 Å². The Morgan fingerprint density at radius 3 is 2.00 bits per heavy atom. The summed E-state index contributed by atoms with van der Waals surface area (Å²) in [5.74, 6) is -1.77. The van der Waals surface area contributed by atoms with Crippen LogP contribution < -0.4 is 11.5 Å². The molecule has 0 aromatic heterocycles. The highest BCUT2D eigenvalue weighted by Crippen LogP contribution is 2.22. The van der Waals surface area contributed by atoms with E-state index < -0.39 is 17.7 Å². The molecule has 0 aliphatic carbocycles. The second kappa shape index (κ2) is 4.51. The van der Waals surface area contributed by atoms with Crippen molar-refractivity contribution in [2.24, 2.45) is 5.73 Å². The van der Waals surface area contributed by atoms with Gasteiger partial charge in [-0.05, 0) is 35.4 Å². The molecule has 17 heavy (non-hydrogen) atoms. The average molecular weight is 234 g/mol. The normalized spacial score (nSPS) is 12.4. The molecule has 0 fully saturated rings. The molecule has 2 nitrogen and oxygen atoms in total. The Kier molecular flexibility index (Phi) is 3.06. The molecule has 0 radical (unpaired) electrons. The molecule has 0 spiro atoms. The quantitative estimate of drug-likeness (QED) is 0.785. The molecule has 4 heteroatoms. The molecular weight excluding hydrogens is 222 g/mol. The molecule has 2 aromatic carbocycles. The molecule has 0 amide bonds. The van der Waals surface area contributed by atoms with Gasteiger partial charge < -0.3 is 11.5 Å². The van der Waals surface area contributed by atoms with Crippen molar-refractivity contribution in [2.75, 3.05) is 5.73 Å². The molecule has 4 N–H and O–H groups in total. The minimum atomic E-state index is -0.895. The van der Waals surface area contributed by atoms with Crippen molar-refractivity contribution in [1.82, 2.24) is 0 Å². The van der Waals surface area contributed by atoms with Gasteiger partial charge in [0.25, 0.3) is 0 Å². The van der Waals surface area contributed by atoms with Crippen LogP contribution in [0.5, 0.6) is 0 Å². The van der Waals surface area contributed by atoms with Crippen LogP contribution in [0.2, 0.25) is 0 Å². The van der Waals surface area contributed by atoms with Gasteiger partial charge in [0.1, 0.15) is 0 Å². The van der Waals surface area contributed by atoms with E-state index in [1.165, 1.54) is 6.07 Å². The second-order valence-electron chi connectivity index (χ2n) is 3.82. The van der Waals surface area contributed by atoms with Crippen LogP contribution in [0, 0.1) is 11.6 Å². The molecular formula is C13H12F2N2. The topological polar surface area (TPSA) is 52.0 Å². The van der Waals surface area contributed by atoms with Gasteiger partial charge in [-0.3, -0.25) is 0 Å². The Balaban J connectivity index is 2.33. The Morgan fingerprint density at radius 2 is 1.41 bits per heavy atom. The second-order valence-corrected chi connectivity index (χ2v) is 3.82. The fraction of sp³-hybridized carbons (Fsp3) is 0.0769. The van der Waals surface area contributed by atoms with Gasteiger partial charge in [0.05, 0.1) is 6.04 Å². The van der Waals surface area contributed by atoms with Crippen molar-refractivity contribution in [1.29, 1.82) is 0 Å². The van der Waals surface area contributed by atoms with Gasteiger partial charge in [-0.15, -0.1) is 0 Å². The Morgan fingerprint density at radius 1 is 0.824 bits per heavy atom. The third-order valence-electron chi connectivity index (χ3n) is 2.60. The monoisotopic (exact) mass is 234 g/mol. The van der Waals surface area contributed by atoms with Crippen molar-refractivity contribution in [3.8, 4) is 0 Å². The molecule has 88 valence electrons. The first kappa shape index (κ1) is 11.5. The minimum Gasteiger partial charge on any atom is -0.399 e. The van der Waals surface area contributed by atoms with E-state index in [1.54, 1.807) is 24.3 Å². The van der Waals surface area contributed by atoms with Crippen LogP contribution in [0.15, 0.2) is 42.5 Å². The van der Waals surface area contributed by atoms with Crippen LogP contribution in [-0.2, 0) is 0 Å². The molecule has 1 atom stereocenters. The lowest BCUT2D eigenvalue weighted by molar-refractivity contribution is 0.506. The SMILES string of the molecule is Nc1ccc(C(N)c2ccc(F)c(F)c2)cc1. The third kappa shape index (κ3) is 2.42. The highest BCUT2D eigenvalue weighted by atomic mass is 19.2. The number of nitrogen functional groups attached to an aromatic ring is 1. The van der Waals surface area contributed by atoms with Gasteiger partial charge in [-0.1, -0.05) is 18.2 Å². The molecule has 0 bridgehead atoms. The summed E-state index contributed by atoms with van der Waals surface area (Å²) in [7, 11) is 0. The zero-order valence-corrected chi connectivity index (χ0v) is 9.03. The number of halogens is 2. The van der Waals surface area contributed by atoms with Crippen LogP contribution in [-0.4, -0.2) is 0 Å². The summed E-state index contributed by atoms with van der Waals surface area (Å²) in [6.07, 6.45) is 0. The molecule has 2 rings (SSSR count). The first-order valence-electron chi connectivity index (χ1n) is 5.14. The lowest BCUT2D eigenvalue weighted by Crippen LogP contribution is -2.12.